The first-order chi connectivity index (χ1) is 15.6. The van der Waals surface area contributed by atoms with E-state index in [4.69, 9.17) is 4.74 Å². The third-order valence-corrected chi connectivity index (χ3v) is 12.4. The van der Waals surface area contributed by atoms with Crippen LogP contribution in [0.5, 0.6) is 0 Å². The number of nitrogens with one attached hydrogen (secondary N) is 3. The molecule has 0 aromatic heterocycles. The van der Waals surface area contributed by atoms with Gasteiger partial charge in [0.1, 0.15) is 6.10 Å². The topological polar surface area (TPSA) is 62.4 Å². The van der Waals surface area contributed by atoms with E-state index in [1.165, 1.54) is 44.9 Å². The number of likely N-dealkylation sites (N-methyl/N-ethyl adjacent to an activating group) is 1. The second-order valence-electron chi connectivity index (χ2n) is 13.4. The molecule has 0 saturated heterocycles. The van der Waals surface area contributed by atoms with E-state index in [0.29, 0.717) is 46.7 Å². The number of ether oxygens (including phenoxy) is 1. The van der Waals surface area contributed by atoms with Crippen LogP contribution in [0.1, 0.15) is 79.1 Å². The molecule has 5 fully saturated rings. The van der Waals surface area contributed by atoms with Crippen LogP contribution in [0, 0.1) is 45.3 Å². The number of hydrogen-bond acceptors (Lipinski definition) is 5. The minimum Gasteiger partial charge on any atom is -0.461 e. The lowest BCUT2D eigenvalue weighted by Crippen LogP contribution is -2.57. The number of rotatable bonds is 6. The van der Waals surface area contributed by atoms with Crippen molar-refractivity contribution >= 4 is 5.97 Å². The standard InChI is InChI=1S/C28H49N3O2/c1-17(30-6)24-20(33-23(32)15-29-5)14-19-18-8-9-21-25(2,3)22(31-7)10-11-28(21)16-27(18,28)13-12-26(19,24)4/h17-22,24,29-31H,8-16H2,1-7H3/t17-,18?,19?,20+,21?,22?,24?,26?,27?,28?/m0/s1. The molecular weight excluding hydrogens is 410 g/mol. The molecule has 8 unspecified atom stereocenters. The average Bonchev–Trinajstić information content (AvgIpc) is 3.34. The number of carbonyl (C=O) groups excluding carboxylic acids is 1. The molecule has 33 heavy (non-hydrogen) atoms. The van der Waals surface area contributed by atoms with Crippen molar-refractivity contribution in [3.05, 3.63) is 0 Å². The maximum Gasteiger partial charge on any atom is 0.320 e. The molecule has 0 aromatic carbocycles. The average molecular weight is 460 g/mol. The highest BCUT2D eigenvalue weighted by molar-refractivity contribution is 5.71. The fourth-order valence-corrected chi connectivity index (χ4v) is 11.0. The number of fused-ring (bicyclic) bond motifs is 2. The van der Waals surface area contributed by atoms with Gasteiger partial charge in [-0.25, -0.2) is 0 Å². The molecule has 5 aliphatic carbocycles. The minimum atomic E-state index is -0.0912. The summed E-state index contributed by atoms with van der Waals surface area (Å²) < 4.78 is 6.19. The summed E-state index contributed by atoms with van der Waals surface area (Å²) in [6, 6.07) is 1.01. The summed E-state index contributed by atoms with van der Waals surface area (Å²) in [4.78, 5) is 12.5. The lowest BCUT2D eigenvalue weighted by molar-refractivity contribution is -0.151. The molecule has 188 valence electrons. The van der Waals surface area contributed by atoms with Gasteiger partial charge in [0.05, 0.1) is 6.54 Å². The smallest absolute Gasteiger partial charge is 0.320 e. The third-order valence-electron chi connectivity index (χ3n) is 12.4. The van der Waals surface area contributed by atoms with Crippen molar-refractivity contribution in [3.8, 4) is 0 Å². The van der Waals surface area contributed by atoms with Gasteiger partial charge in [-0.3, -0.25) is 4.79 Å². The normalized spacial score (nSPS) is 50.4. The molecule has 10 atom stereocenters. The van der Waals surface area contributed by atoms with Crippen molar-refractivity contribution in [2.45, 2.75) is 97.2 Å². The Balaban J connectivity index is 1.44. The highest BCUT2D eigenvalue weighted by Crippen LogP contribution is 2.86. The Labute approximate surface area is 201 Å². The van der Waals surface area contributed by atoms with Gasteiger partial charge in [0, 0.05) is 18.0 Å². The predicted molar refractivity (Wildman–Crippen MR) is 133 cm³/mol. The summed E-state index contributed by atoms with van der Waals surface area (Å²) >= 11 is 0. The van der Waals surface area contributed by atoms with Gasteiger partial charge in [0.2, 0.25) is 0 Å². The van der Waals surface area contributed by atoms with Gasteiger partial charge < -0.3 is 20.7 Å². The molecule has 5 nitrogen and oxygen atoms in total. The maximum absolute atomic E-state index is 12.5. The highest BCUT2D eigenvalue weighted by Gasteiger charge is 2.80. The summed E-state index contributed by atoms with van der Waals surface area (Å²) in [5.41, 5.74) is 1.79. The number of hydrogen-bond donors (Lipinski definition) is 3. The molecule has 3 N–H and O–H groups in total. The molecule has 0 radical (unpaired) electrons. The summed E-state index contributed by atoms with van der Waals surface area (Å²) in [6.45, 7) is 10.3. The molecule has 5 heteroatoms. The molecule has 0 aliphatic heterocycles. The SMILES string of the molecule is CNCC(=O)O[C@@H]1CC2C3CCC4C(C)(C)C(NC)CCC45CC35CCC2(C)C1[C@H](C)NC. The van der Waals surface area contributed by atoms with Crippen LogP contribution in [0.25, 0.3) is 0 Å². The van der Waals surface area contributed by atoms with Crippen molar-refractivity contribution in [3.63, 3.8) is 0 Å². The molecule has 5 aliphatic rings. The largest absolute Gasteiger partial charge is 0.461 e. The molecule has 0 bridgehead atoms. The van der Waals surface area contributed by atoms with Crippen LogP contribution in [0.4, 0.5) is 0 Å². The van der Waals surface area contributed by atoms with Crippen molar-refractivity contribution in [1.82, 2.24) is 16.0 Å². The Hall–Kier alpha value is -0.650. The zero-order valence-corrected chi connectivity index (χ0v) is 22.2. The van der Waals surface area contributed by atoms with E-state index in [2.05, 4.69) is 57.7 Å². The Morgan fingerprint density at radius 3 is 2.42 bits per heavy atom. The van der Waals surface area contributed by atoms with Gasteiger partial charge in [0.25, 0.3) is 0 Å². The van der Waals surface area contributed by atoms with E-state index >= 15 is 0 Å². The fraction of sp³-hybridized carbons (Fsp3) is 0.964. The molecule has 2 spiro atoms. The van der Waals surface area contributed by atoms with E-state index < -0.39 is 0 Å². The summed E-state index contributed by atoms with van der Waals surface area (Å²) in [6.07, 6.45) is 10.8. The highest BCUT2D eigenvalue weighted by atomic mass is 16.5. The zero-order valence-electron chi connectivity index (χ0n) is 22.2. The second kappa shape index (κ2) is 7.93. The quantitative estimate of drug-likeness (QED) is 0.525. The molecule has 0 aromatic rings. The van der Waals surface area contributed by atoms with Gasteiger partial charge in [-0.1, -0.05) is 20.8 Å². The summed E-state index contributed by atoms with van der Waals surface area (Å²) in [5, 5.41) is 10.2. The molecule has 5 saturated carbocycles. The van der Waals surface area contributed by atoms with Crippen molar-refractivity contribution in [1.29, 1.82) is 0 Å². The van der Waals surface area contributed by atoms with E-state index in [1.807, 2.05) is 7.05 Å². The summed E-state index contributed by atoms with van der Waals surface area (Å²) in [7, 11) is 6.06. The van der Waals surface area contributed by atoms with Crippen LogP contribution in [0.15, 0.2) is 0 Å². The molecule has 0 heterocycles. The van der Waals surface area contributed by atoms with Gasteiger partial charge in [-0.05, 0) is 119 Å². The minimum absolute atomic E-state index is 0.0438. The van der Waals surface area contributed by atoms with Crippen LogP contribution < -0.4 is 16.0 Å². The Morgan fingerprint density at radius 1 is 1.00 bits per heavy atom. The van der Waals surface area contributed by atoms with E-state index in [0.717, 1.165) is 18.3 Å². The van der Waals surface area contributed by atoms with Crippen molar-refractivity contribution in [2.75, 3.05) is 27.7 Å². The monoisotopic (exact) mass is 459 g/mol. The first kappa shape index (κ1) is 24.1. The van der Waals surface area contributed by atoms with Gasteiger partial charge in [-0.15, -0.1) is 0 Å². The zero-order chi connectivity index (χ0) is 23.8. The summed E-state index contributed by atoms with van der Waals surface area (Å²) in [5.74, 6) is 2.66. The van der Waals surface area contributed by atoms with Crippen LogP contribution >= 0.6 is 0 Å². The van der Waals surface area contributed by atoms with E-state index in [9.17, 15) is 4.79 Å². The van der Waals surface area contributed by atoms with Crippen LogP contribution in [-0.2, 0) is 9.53 Å². The van der Waals surface area contributed by atoms with Crippen LogP contribution in [-0.4, -0.2) is 51.8 Å². The maximum atomic E-state index is 12.5. The van der Waals surface area contributed by atoms with Gasteiger partial charge in [0.15, 0.2) is 0 Å². The lowest BCUT2D eigenvalue weighted by Gasteiger charge is -2.60. The van der Waals surface area contributed by atoms with Crippen molar-refractivity contribution < 1.29 is 9.53 Å². The fourth-order valence-electron chi connectivity index (χ4n) is 11.0. The third kappa shape index (κ3) is 3.10. The van der Waals surface area contributed by atoms with E-state index in [1.54, 1.807) is 0 Å². The molecule has 0 amide bonds. The predicted octanol–water partition coefficient (Wildman–Crippen LogP) is 3.97. The van der Waals surface area contributed by atoms with Gasteiger partial charge in [-0.2, -0.15) is 0 Å². The number of esters is 1. The second-order valence-corrected chi connectivity index (χ2v) is 13.4. The Morgan fingerprint density at radius 2 is 1.76 bits per heavy atom. The van der Waals surface area contributed by atoms with Crippen LogP contribution in [0.2, 0.25) is 0 Å². The van der Waals surface area contributed by atoms with E-state index in [-0.39, 0.29) is 17.5 Å². The molecule has 5 rings (SSSR count). The van der Waals surface area contributed by atoms with Gasteiger partial charge >= 0.3 is 5.97 Å². The lowest BCUT2D eigenvalue weighted by atomic mass is 9.46. The first-order valence-corrected chi connectivity index (χ1v) is 13.8. The Kier molecular flexibility index (Phi) is 5.78. The first-order valence-electron chi connectivity index (χ1n) is 13.8. The Bertz CT molecular complexity index is 785. The molecular formula is C28H49N3O2. The number of carbonyl (C=O) groups is 1. The van der Waals surface area contributed by atoms with Crippen LogP contribution in [0.3, 0.4) is 0 Å². The van der Waals surface area contributed by atoms with Crippen molar-refractivity contribution in [2.24, 2.45) is 45.3 Å².